The maximum atomic E-state index is 11.9. The minimum Gasteiger partial charge on any atom is -0.481 e. The molecule has 5 nitrogen and oxygen atoms in total. The van der Waals surface area contributed by atoms with Crippen LogP contribution in [-0.2, 0) is 9.59 Å². The number of likely N-dealkylation sites (N-methyl/N-ethyl adjacent to an activating group) is 1. The fourth-order valence-corrected chi connectivity index (χ4v) is 1.80. The van der Waals surface area contributed by atoms with Crippen molar-refractivity contribution in [3.63, 3.8) is 0 Å². The molecule has 100 valence electrons. The maximum absolute atomic E-state index is 11.9. The van der Waals surface area contributed by atoms with Gasteiger partial charge in [-0.2, -0.15) is 0 Å². The number of amides is 1. The lowest BCUT2D eigenvalue weighted by atomic mass is 9.80. The summed E-state index contributed by atoms with van der Waals surface area (Å²) in [5.74, 6) is -2.52. The summed E-state index contributed by atoms with van der Waals surface area (Å²) >= 11 is 0. The van der Waals surface area contributed by atoms with Crippen molar-refractivity contribution in [3.8, 4) is 0 Å². The molecule has 17 heavy (non-hydrogen) atoms. The molecule has 2 N–H and O–H groups in total. The van der Waals surface area contributed by atoms with E-state index in [1.54, 1.807) is 20.8 Å². The van der Waals surface area contributed by atoms with Crippen molar-refractivity contribution in [2.24, 2.45) is 11.3 Å². The molecule has 1 amide bonds. The van der Waals surface area contributed by atoms with Gasteiger partial charge >= 0.3 is 5.97 Å². The number of carbonyl (C=O) groups excluding carboxylic acids is 1. The van der Waals surface area contributed by atoms with E-state index in [2.05, 4.69) is 5.32 Å². The molecule has 0 aromatic heterocycles. The molecule has 2 atom stereocenters. The Morgan fingerprint density at radius 1 is 1.29 bits per heavy atom. The minimum atomic E-state index is -1.08. The largest absolute Gasteiger partial charge is 0.481 e. The standard InChI is InChI=1S/C12H24N2O3/c1-8(7-14(5)6)13-10(15)9(11(16)17)12(2,3)4/h8-9H,7H2,1-6H3,(H,13,15)(H,16,17). The monoisotopic (exact) mass is 244 g/mol. The highest BCUT2D eigenvalue weighted by molar-refractivity contribution is 5.97. The SMILES string of the molecule is CC(CN(C)C)NC(=O)C(C(=O)O)C(C)(C)C. The molecule has 0 spiro atoms. The fraction of sp³-hybridized carbons (Fsp3) is 0.833. The van der Waals surface area contributed by atoms with Gasteiger partial charge in [0.15, 0.2) is 0 Å². The molecule has 0 aliphatic rings. The second-order valence-corrected chi connectivity index (χ2v) is 5.81. The van der Waals surface area contributed by atoms with Crippen LogP contribution in [0.25, 0.3) is 0 Å². The Balaban J connectivity index is 4.61. The van der Waals surface area contributed by atoms with Gasteiger partial charge in [0.05, 0.1) is 0 Å². The predicted molar refractivity (Wildman–Crippen MR) is 66.7 cm³/mol. The Hall–Kier alpha value is -1.10. The van der Waals surface area contributed by atoms with Crippen LogP contribution in [0.3, 0.4) is 0 Å². The van der Waals surface area contributed by atoms with Gasteiger partial charge in [-0.05, 0) is 26.4 Å². The third-order valence-corrected chi connectivity index (χ3v) is 2.40. The number of carbonyl (C=O) groups is 2. The normalized spacial score (nSPS) is 15.5. The van der Waals surface area contributed by atoms with Crippen LogP contribution in [0.1, 0.15) is 27.7 Å². The highest BCUT2D eigenvalue weighted by atomic mass is 16.4. The number of nitrogens with one attached hydrogen (secondary N) is 1. The van der Waals surface area contributed by atoms with E-state index in [0.717, 1.165) is 0 Å². The first-order valence-electron chi connectivity index (χ1n) is 5.73. The van der Waals surface area contributed by atoms with Crippen molar-refractivity contribution < 1.29 is 14.7 Å². The van der Waals surface area contributed by atoms with Gasteiger partial charge in [-0.3, -0.25) is 9.59 Å². The first-order valence-corrected chi connectivity index (χ1v) is 5.73. The lowest BCUT2D eigenvalue weighted by Gasteiger charge is -2.28. The number of hydrogen-bond acceptors (Lipinski definition) is 3. The second-order valence-electron chi connectivity index (χ2n) is 5.81. The Kier molecular flexibility index (Phi) is 5.61. The highest BCUT2D eigenvalue weighted by Crippen LogP contribution is 2.26. The molecule has 0 radical (unpaired) electrons. The van der Waals surface area contributed by atoms with E-state index in [-0.39, 0.29) is 6.04 Å². The molecule has 0 heterocycles. The molecule has 0 bridgehead atoms. The second kappa shape index (κ2) is 6.00. The predicted octanol–water partition coefficient (Wildman–Crippen LogP) is 0.800. The zero-order valence-corrected chi connectivity index (χ0v) is 11.6. The first kappa shape index (κ1) is 15.9. The molecule has 0 saturated heterocycles. The molecule has 0 saturated carbocycles. The van der Waals surface area contributed by atoms with Crippen LogP contribution in [-0.4, -0.2) is 48.6 Å². The molecule has 0 rings (SSSR count). The van der Waals surface area contributed by atoms with Gasteiger partial charge in [0.25, 0.3) is 0 Å². The van der Waals surface area contributed by atoms with Gasteiger partial charge in [-0.15, -0.1) is 0 Å². The Morgan fingerprint density at radius 2 is 1.76 bits per heavy atom. The average Bonchev–Trinajstić information content (AvgIpc) is 1.95. The van der Waals surface area contributed by atoms with Crippen molar-refractivity contribution in [1.29, 1.82) is 0 Å². The van der Waals surface area contributed by atoms with Crippen molar-refractivity contribution in [3.05, 3.63) is 0 Å². The Morgan fingerprint density at radius 3 is 2.06 bits per heavy atom. The maximum Gasteiger partial charge on any atom is 0.316 e. The lowest BCUT2D eigenvalue weighted by Crippen LogP contribution is -2.48. The number of aliphatic carboxylic acids is 1. The van der Waals surface area contributed by atoms with E-state index in [0.29, 0.717) is 6.54 Å². The third kappa shape index (κ3) is 5.68. The Labute approximate surface area is 103 Å². The summed E-state index contributed by atoms with van der Waals surface area (Å²) in [6.07, 6.45) is 0. The zero-order valence-electron chi connectivity index (χ0n) is 11.6. The third-order valence-electron chi connectivity index (χ3n) is 2.40. The van der Waals surface area contributed by atoms with Gasteiger partial charge < -0.3 is 15.3 Å². The highest BCUT2D eigenvalue weighted by Gasteiger charge is 2.37. The van der Waals surface area contributed by atoms with E-state index >= 15 is 0 Å². The number of rotatable bonds is 5. The summed E-state index contributed by atoms with van der Waals surface area (Å²) in [7, 11) is 3.81. The van der Waals surface area contributed by atoms with Gasteiger partial charge in [-0.25, -0.2) is 0 Å². The molecular formula is C12H24N2O3. The smallest absolute Gasteiger partial charge is 0.316 e. The van der Waals surface area contributed by atoms with Crippen molar-refractivity contribution in [2.75, 3.05) is 20.6 Å². The fourth-order valence-electron chi connectivity index (χ4n) is 1.80. The molecular weight excluding hydrogens is 220 g/mol. The number of carboxylic acid groups (broad SMARTS) is 1. The molecule has 0 aliphatic heterocycles. The number of nitrogens with zero attached hydrogens (tertiary/aromatic N) is 1. The molecule has 0 aliphatic carbocycles. The molecule has 0 aromatic carbocycles. The molecule has 5 heteroatoms. The van der Waals surface area contributed by atoms with Gasteiger partial charge in [0.1, 0.15) is 5.92 Å². The summed E-state index contributed by atoms with van der Waals surface area (Å²) in [5, 5.41) is 11.8. The van der Waals surface area contributed by atoms with Crippen LogP contribution < -0.4 is 5.32 Å². The van der Waals surface area contributed by atoms with Gasteiger partial charge in [0.2, 0.25) is 5.91 Å². The van der Waals surface area contributed by atoms with Crippen LogP contribution in [0, 0.1) is 11.3 Å². The molecule has 0 fully saturated rings. The van der Waals surface area contributed by atoms with E-state index in [1.807, 2.05) is 25.9 Å². The van der Waals surface area contributed by atoms with Crippen LogP contribution in [0.5, 0.6) is 0 Å². The average molecular weight is 244 g/mol. The van der Waals surface area contributed by atoms with Crippen molar-refractivity contribution >= 4 is 11.9 Å². The van der Waals surface area contributed by atoms with Crippen LogP contribution in [0.15, 0.2) is 0 Å². The summed E-state index contributed by atoms with van der Waals surface area (Å²) in [6, 6.07) is -0.0679. The van der Waals surface area contributed by atoms with Crippen LogP contribution in [0.2, 0.25) is 0 Å². The first-order chi connectivity index (χ1) is 7.55. The van der Waals surface area contributed by atoms with E-state index in [4.69, 9.17) is 5.11 Å². The van der Waals surface area contributed by atoms with Crippen LogP contribution >= 0.6 is 0 Å². The lowest BCUT2D eigenvalue weighted by molar-refractivity contribution is -0.151. The summed E-state index contributed by atoms with van der Waals surface area (Å²) in [4.78, 5) is 25.0. The van der Waals surface area contributed by atoms with Gasteiger partial charge in [0, 0.05) is 12.6 Å². The number of hydrogen-bond donors (Lipinski definition) is 2. The Bertz CT molecular complexity index is 282. The quantitative estimate of drug-likeness (QED) is 0.702. The summed E-state index contributed by atoms with van der Waals surface area (Å²) < 4.78 is 0. The van der Waals surface area contributed by atoms with Gasteiger partial charge in [-0.1, -0.05) is 20.8 Å². The van der Waals surface area contributed by atoms with E-state index < -0.39 is 23.2 Å². The summed E-state index contributed by atoms with van der Waals surface area (Å²) in [5.41, 5.74) is -0.590. The molecule has 2 unspecified atom stereocenters. The van der Waals surface area contributed by atoms with Crippen LogP contribution in [0.4, 0.5) is 0 Å². The zero-order chi connectivity index (χ0) is 13.8. The van der Waals surface area contributed by atoms with Crippen molar-refractivity contribution in [2.45, 2.75) is 33.7 Å². The van der Waals surface area contributed by atoms with E-state index in [9.17, 15) is 9.59 Å². The topological polar surface area (TPSA) is 69.6 Å². The molecule has 0 aromatic rings. The van der Waals surface area contributed by atoms with Crippen molar-refractivity contribution in [1.82, 2.24) is 10.2 Å². The summed E-state index contributed by atoms with van der Waals surface area (Å²) in [6.45, 7) is 7.80. The minimum absolute atomic E-state index is 0.0679. The number of carboxylic acids is 1. The van der Waals surface area contributed by atoms with E-state index in [1.165, 1.54) is 0 Å².